The fourth-order valence-electron chi connectivity index (χ4n) is 6.60. The number of amides is 1. The average Bonchev–Trinajstić information content (AvgIpc) is 3.20. The van der Waals surface area contributed by atoms with Crippen LogP contribution in [0.4, 0.5) is 0 Å². The van der Waals surface area contributed by atoms with Crippen LogP contribution in [0.2, 0.25) is 0 Å². The zero-order valence-electron chi connectivity index (χ0n) is 39.4. The molecule has 0 aliphatic rings. The largest absolute Gasteiger partial charge is 0.472 e. The van der Waals surface area contributed by atoms with Gasteiger partial charge in [0.25, 0.3) is 0 Å². The first-order valence-electron chi connectivity index (χ1n) is 24.3. The Morgan fingerprint density at radius 2 is 1.00 bits per heavy atom. The summed E-state index contributed by atoms with van der Waals surface area (Å²) in [5.41, 5.74) is 0. The molecule has 0 radical (unpaired) electrons. The van der Waals surface area contributed by atoms with E-state index in [1.165, 1.54) is 103 Å². The fourth-order valence-corrected chi connectivity index (χ4v) is 7.33. The lowest BCUT2D eigenvalue weighted by Gasteiger charge is -2.25. The van der Waals surface area contributed by atoms with Gasteiger partial charge in [-0.05, 0) is 64.2 Å². The summed E-state index contributed by atoms with van der Waals surface area (Å²) in [6.45, 7) is 4.66. The number of carbonyl (C=O) groups excluding carboxylic acids is 1. The summed E-state index contributed by atoms with van der Waals surface area (Å²) in [5.74, 6) is -0.184. The minimum Gasteiger partial charge on any atom is -0.387 e. The Morgan fingerprint density at radius 1 is 0.583 bits per heavy atom. The number of carbonyl (C=O) groups is 1. The number of allylic oxidation sites excluding steroid dienone is 11. The van der Waals surface area contributed by atoms with Crippen LogP contribution in [0.1, 0.15) is 194 Å². The van der Waals surface area contributed by atoms with E-state index in [1.807, 2.05) is 27.2 Å². The van der Waals surface area contributed by atoms with Crippen LogP contribution in [0.3, 0.4) is 0 Å². The molecule has 0 saturated heterocycles. The lowest BCUT2D eigenvalue weighted by Crippen LogP contribution is -2.45. The Morgan fingerprint density at radius 3 is 1.47 bits per heavy atom. The zero-order valence-corrected chi connectivity index (χ0v) is 40.3. The second-order valence-corrected chi connectivity index (χ2v) is 18.9. The van der Waals surface area contributed by atoms with E-state index in [4.69, 9.17) is 9.05 Å². The van der Waals surface area contributed by atoms with Crippen molar-refractivity contribution in [1.82, 2.24) is 5.32 Å². The predicted octanol–water partition coefficient (Wildman–Crippen LogP) is 14.0. The molecule has 1 amide bonds. The number of nitrogens with zero attached hydrogens (tertiary/aromatic N) is 1. The maximum absolute atomic E-state index is 12.9. The molecule has 9 heteroatoms. The number of phosphoric ester groups is 1. The standard InChI is InChI=1S/C51H93N2O6P/c1-6-8-10-12-14-16-17-18-19-20-21-22-23-24-25-26-27-28-29-30-31-32-33-34-35-37-39-41-43-45-51(55)52-49(48-59-60(56,57)58-47-46-53(3,4)5)50(54)44-42-40-38-36-15-13-11-9-7-2/h8,10,14,16,18-19,21-22,24-25,42,44,49-50,54H,6-7,9,11-13,15,17,20,23,26-41,43,45-48H2,1-5H3,(H-,52,55,56,57)/p+1/b10-8-,16-14-,19-18-,22-21-,25-24-,44-42+. The molecular formula is C51H94N2O6P+. The summed E-state index contributed by atoms with van der Waals surface area (Å²) < 4.78 is 23.5. The molecule has 0 spiro atoms. The second kappa shape index (κ2) is 42.3. The molecule has 0 aromatic carbocycles. The minimum atomic E-state index is -4.34. The van der Waals surface area contributed by atoms with Gasteiger partial charge >= 0.3 is 7.82 Å². The van der Waals surface area contributed by atoms with Crippen molar-refractivity contribution in [2.75, 3.05) is 40.9 Å². The molecule has 0 aliphatic carbocycles. The molecule has 60 heavy (non-hydrogen) atoms. The third-order valence-corrected chi connectivity index (χ3v) is 11.4. The van der Waals surface area contributed by atoms with Gasteiger partial charge in [0, 0.05) is 6.42 Å². The maximum Gasteiger partial charge on any atom is 0.472 e. The average molecular weight is 862 g/mol. The summed E-state index contributed by atoms with van der Waals surface area (Å²) in [4.78, 5) is 23.1. The predicted molar refractivity (Wildman–Crippen MR) is 258 cm³/mol. The van der Waals surface area contributed by atoms with Gasteiger partial charge in [0.1, 0.15) is 13.2 Å². The number of aliphatic hydroxyl groups excluding tert-OH is 1. The topological polar surface area (TPSA) is 105 Å². The number of rotatable bonds is 43. The number of hydrogen-bond donors (Lipinski definition) is 3. The summed E-state index contributed by atoms with van der Waals surface area (Å²) in [5, 5.41) is 13.8. The molecule has 0 aromatic heterocycles. The Labute approximate surface area is 370 Å². The Bertz CT molecular complexity index is 1200. The molecule has 0 saturated carbocycles. The van der Waals surface area contributed by atoms with Crippen LogP contribution in [0.5, 0.6) is 0 Å². The van der Waals surface area contributed by atoms with E-state index in [1.54, 1.807) is 6.08 Å². The second-order valence-electron chi connectivity index (χ2n) is 17.5. The smallest absolute Gasteiger partial charge is 0.387 e. The van der Waals surface area contributed by atoms with Crippen molar-refractivity contribution in [3.63, 3.8) is 0 Å². The van der Waals surface area contributed by atoms with Crippen molar-refractivity contribution in [1.29, 1.82) is 0 Å². The Kier molecular flexibility index (Phi) is 40.8. The lowest BCUT2D eigenvalue weighted by atomic mass is 10.0. The van der Waals surface area contributed by atoms with Crippen molar-refractivity contribution in [3.8, 4) is 0 Å². The van der Waals surface area contributed by atoms with Gasteiger partial charge in [-0.15, -0.1) is 0 Å². The minimum absolute atomic E-state index is 0.0586. The molecule has 0 aromatic rings. The monoisotopic (exact) mass is 862 g/mol. The van der Waals surface area contributed by atoms with Crippen LogP contribution < -0.4 is 5.32 Å². The van der Waals surface area contributed by atoms with E-state index in [9.17, 15) is 19.4 Å². The van der Waals surface area contributed by atoms with Crippen LogP contribution in [0, 0.1) is 0 Å². The molecule has 0 fully saturated rings. The van der Waals surface area contributed by atoms with Gasteiger partial charge in [0.15, 0.2) is 0 Å². The number of quaternary nitrogens is 1. The van der Waals surface area contributed by atoms with Crippen molar-refractivity contribution >= 4 is 13.7 Å². The van der Waals surface area contributed by atoms with E-state index in [0.717, 1.165) is 70.6 Å². The molecular weight excluding hydrogens is 768 g/mol. The number of aliphatic hydroxyl groups is 1. The van der Waals surface area contributed by atoms with Crippen LogP contribution >= 0.6 is 7.82 Å². The van der Waals surface area contributed by atoms with Crippen molar-refractivity contribution in [2.45, 2.75) is 206 Å². The molecule has 0 bridgehead atoms. The highest BCUT2D eigenvalue weighted by atomic mass is 31.2. The Hall–Kier alpha value is -2.06. The Balaban J connectivity index is 4.10. The summed E-state index contributed by atoms with van der Waals surface area (Å²) in [6, 6.07) is -0.847. The van der Waals surface area contributed by atoms with E-state index >= 15 is 0 Å². The van der Waals surface area contributed by atoms with E-state index in [0.29, 0.717) is 17.4 Å². The number of nitrogens with one attached hydrogen (secondary N) is 1. The first-order valence-corrected chi connectivity index (χ1v) is 25.8. The lowest BCUT2D eigenvalue weighted by molar-refractivity contribution is -0.870. The van der Waals surface area contributed by atoms with Gasteiger partial charge in [0.2, 0.25) is 5.91 Å². The van der Waals surface area contributed by atoms with Gasteiger partial charge in [-0.3, -0.25) is 13.8 Å². The normalized spacial score (nSPS) is 14.8. The van der Waals surface area contributed by atoms with E-state index in [-0.39, 0.29) is 19.1 Å². The highest BCUT2D eigenvalue weighted by molar-refractivity contribution is 7.47. The van der Waals surface area contributed by atoms with Gasteiger partial charge in [0.05, 0.1) is 39.9 Å². The van der Waals surface area contributed by atoms with Crippen molar-refractivity contribution in [3.05, 3.63) is 72.9 Å². The number of unbranched alkanes of at least 4 members (excludes halogenated alkanes) is 20. The highest BCUT2D eigenvalue weighted by Crippen LogP contribution is 2.43. The summed E-state index contributed by atoms with van der Waals surface area (Å²) in [7, 11) is 1.56. The molecule has 0 aliphatic heterocycles. The molecule has 0 heterocycles. The highest BCUT2D eigenvalue weighted by Gasteiger charge is 2.27. The van der Waals surface area contributed by atoms with Crippen LogP contribution in [0.15, 0.2) is 72.9 Å². The molecule has 0 rings (SSSR count). The molecule has 348 valence electrons. The number of phosphoric acid groups is 1. The third-order valence-electron chi connectivity index (χ3n) is 10.4. The van der Waals surface area contributed by atoms with E-state index in [2.05, 4.69) is 79.9 Å². The van der Waals surface area contributed by atoms with Crippen LogP contribution in [0.25, 0.3) is 0 Å². The molecule has 3 atom stereocenters. The SMILES string of the molecule is CC/C=C\C/C=C\C/C=C\C/C=C\C/C=C\CCCCCCCCCCCCCCCC(=O)NC(COP(=O)(O)OCC[N+](C)(C)C)C(O)/C=C/CCCCCCCCC. The first kappa shape index (κ1) is 57.9. The fraction of sp³-hybridized carbons (Fsp3) is 0.745. The van der Waals surface area contributed by atoms with Gasteiger partial charge in [-0.25, -0.2) is 4.57 Å². The maximum atomic E-state index is 12.9. The summed E-state index contributed by atoms with van der Waals surface area (Å²) in [6.07, 6.45) is 57.1. The van der Waals surface area contributed by atoms with Crippen LogP contribution in [-0.2, 0) is 18.4 Å². The molecule has 3 unspecified atom stereocenters. The number of hydrogen-bond acceptors (Lipinski definition) is 5. The van der Waals surface area contributed by atoms with Crippen molar-refractivity contribution < 1.29 is 32.9 Å². The van der Waals surface area contributed by atoms with E-state index < -0.39 is 20.0 Å². The van der Waals surface area contributed by atoms with Gasteiger partial charge < -0.3 is 19.8 Å². The molecule has 3 N–H and O–H groups in total. The zero-order chi connectivity index (χ0) is 44.3. The first-order chi connectivity index (χ1) is 29.0. The quantitative estimate of drug-likeness (QED) is 0.0244. The van der Waals surface area contributed by atoms with Crippen molar-refractivity contribution in [2.24, 2.45) is 0 Å². The number of likely N-dealkylation sites (N-methyl/N-ethyl adjacent to an activating group) is 1. The van der Waals surface area contributed by atoms with Gasteiger partial charge in [-0.2, -0.15) is 0 Å². The van der Waals surface area contributed by atoms with Crippen LogP contribution in [-0.4, -0.2) is 73.4 Å². The molecule has 8 nitrogen and oxygen atoms in total. The third kappa shape index (κ3) is 44.0. The summed E-state index contributed by atoms with van der Waals surface area (Å²) >= 11 is 0. The van der Waals surface area contributed by atoms with Gasteiger partial charge in [-0.1, -0.05) is 196 Å².